The summed E-state index contributed by atoms with van der Waals surface area (Å²) in [6.45, 7) is 7.70. The Morgan fingerprint density at radius 1 is 1.28 bits per heavy atom. The van der Waals surface area contributed by atoms with E-state index in [-0.39, 0.29) is 0 Å². The summed E-state index contributed by atoms with van der Waals surface area (Å²) in [7, 11) is 0. The van der Waals surface area contributed by atoms with Crippen LogP contribution in [0.4, 0.5) is 5.69 Å². The molecule has 0 bridgehead atoms. The van der Waals surface area contributed by atoms with Gasteiger partial charge < -0.3 is 5.32 Å². The molecule has 0 aliphatic rings. The highest BCUT2D eigenvalue weighted by atomic mass is 15.3. The molecule has 0 radical (unpaired) electrons. The highest BCUT2D eigenvalue weighted by Gasteiger charge is 2.08. The first kappa shape index (κ1) is 12.6. The minimum absolute atomic E-state index is 0.357. The van der Waals surface area contributed by atoms with E-state index in [1.807, 2.05) is 30.6 Å². The molecule has 2 aromatic heterocycles. The molecule has 0 amide bonds. The zero-order chi connectivity index (χ0) is 13.0. The van der Waals surface area contributed by atoms with Crippen molar-refractivity contribution in [1.82, 2.24) is 14.8 Å². The Balaban J connectivity index is 1.92. The summed E-state index contributed by atoms with van der Waals surface area (Å²) in [5.74, 6) is 0.835. The van der Waals surface area contributed by atoms with Gasteiger partial charge in [-0.15, -0.1) is 0 Å². The maximum atomic E-state index is 4.37. The van der Waals surface area contributed by atoms with Crippen LogP contribution in [0.3, 0.4) is 0 Å². The van der Waals surface area contributed by atoms with Gasteiger partial charge in [-0.05, 0) is 30.0 Å². The van der Waals surface area contributed by atoms with Crippen LogP contribution in [-0.2, 0) is 0 Å². The molecule has 2 aromatic rings. The number of nitrogens with one attached hydrogen (secondary N) is 1. The molecule has 18 heavy (non-hydrogen) atoms. The van der Waals surface area contributed by atoms with E-state index in [2.05, 4.69) is 36.2 Å². The SMILES string of the molecule is CC(C)(C)CCNc1ccc(-n2cccn2)nc1. The number of aromatic nitrogens is 3. The quantitative estimate of drug-likeness (QED) is 0.898. The van der Waals surface area contributed by atoms with Crippen molar-refractivity contribution in [3.63, 3.8) is 0 Å². The van der Waals surface area contributed by atoms with Crippen LogP contribution in [0.25, 0.3) is 5.82 Å². The summed E-state index contributed by atoms with van der Waals surface area (Å²) in [5, 5.41) is 7.53. The molecule has 0 saturated carbocycles. The summed E-state index contributed by atoms with van der Waals surface area (Å²) in [6, 6.07) is 5.89. The first-order valence-electron chi connectivity index (χ1n) is 6.24. The Morgan fingerprint density at radius 3 is 2.67 bits per heavy atom. The van der Waals surface area contributed by atoms with Crippen molar-refractivity contribution < 1.29 is 0 Å². The lowest BCUT2D eigenvalue weighted by atomic mass is 9.92. The van der Waals surface area contributed by atoms with Crippen LogP contribution in [0.1, 0.15) is 27.2 Å². The van der Waals surface area contributed by atoms with Gasteiger partial charge in [0.25, 0.3) is 0 Å². The standard InChI is InChI=1S/C14H20N4/c1-14(2,3)7-9-15-12-5-6-13(16-11-12)18-10-4-8-17-18/h4-6,8,10-11,15H,7,9H2,1-3H3. The third-order valence-corrected chi connectivity index (χ3v) is 2.69. The van der Waals surface area contributed by atoms with E-state index in [0.717, 1.165) is 24.5 Å². The van der Waals surface area contributed by atoms with Crippen molar-refractivity contribution in [1.29, 1.82) is 0 Å². The maximum Gasteiger partial charge on any atom is 0.153 e. The average Bonchev–Trinajstić information content (AvgIpc) is 2.82. The van der Waals surface area contributed by atoms with E-state index in [4.69, 9.17) is 0 Å². The molecule has 0 aliphatic heterocycles. The number of rotatable bonds is 4. The molecule has 0 aliphatic carbocycles. The van der Waals surface area contributed by atoms with Gasteiger partial charge in [0.1, 0.15) is 0 Å². The molecule has 0 unspecified atom stereocenters. The van der Waals surface area contributed by atoms with Crippen LogP contribution in [0.15, 0.2) is 36.8 Å². The molecule has 96 valence electrons. The number of anilines is 1. The van der Waals surface area contributed by atoms with Crippen molar-refractivity contribution in [2.24, 2.45) is 5.41 Å². The molecule has 0 saturated heterocycles. The second kappa shape index (κ2) is 5.21. The fraction of sp³-hybridized carbons (Fsp3) is 0.429. The van der Waals surface area contributed by atoms with Gasteiger partial charge >= 0.3 is 0 Å². The van der Waals surface area contributed by atoms with Gasteiger partial charge in [0, 0.05) is 18.9 Å². The summed E-state index contributed by atoms with van der Waals surface area (Å²) >= 11 is 0. The van der Waals surface area contributed by atoms with E-state index in [9.17, 15) is 0 Å². The van der Waals surface area contributed by atoms with E-state index < -0.39 is 0 Å². The molecule has 4 heteroatoms. The molecule has 1 N–H and O–H groups in total. The topological polar surface area (TPSA) is 42.7 Å². The summed E-state index contributed by atoms with van der Waals surface area (Å²) in [5.41, 5.74) is 1.41. The largest absolute Gasteiger partial charge is 0.384 e. The first-order chi connectivity index (χ1) is 8.54. The van der Waals surface area contributed by atoms with Crippen LogP contribution in [0.2, 0.25) is 0 Å². The third-order valence-electron chi connectivity index (χ3n) is 2.69. The Hall–Kier alpha value is -1.84. The van der Waals surface area contributed by atoms with Gasteiger partial charge in [-0.2, -0.15) is 5.10 Å². The van der Waals surface area contributed by atoms with E-state index in [0.29, 0.717) is 5.41 Å². The smallest absolute Gasteiger partial charge is 0.153 e. The minimum Gasteiger partial charge on any atom is -0.384 e. The molecule has 4 nitrogen and oxygen atoms in total. The van der Waals surface area contributed by atoms with Crippen LogP contribution in [0, 0.1) is 5.41 Å². The Labute approximate surface area is 108 Å². The Kier molecular flexibility index (Phi) is 3.65. The fourth-order valence-corrected chi connectivity index (χ4v) is 1.61. The highest BCUT2D eigenvalue weighted by Crippen LogP contribution is 2.18. The lowest BCUT2D eigenvalue weighted by Crippen LogP contribution is -2.13. The monoisotopic (exact) mass is 244 g/mol. The number of hydrogen-bond acceptors (Lipinski definition) is 3. The van der Waals surface area contributed by atoms with Gasteiger partial charge in [-0.3, -0.25) is 0 Å². The zero-order valence-corrected chi connectivity index (χ0v) is 11.2. The molecule has 0 fully saturated rings. The fourth-order valence-electron chi connectivity index (χ4n) is 1.61. The molecule has 0 aromatic carbocycles. The Morgan fingerprint density at radius 2 is 2.11 bits per heavy atom. The first-order valence-corrected chi connectivity index (χ1v) is 6.24. The minimum atomic E-state index is 0.357. The lowest BCUT2D eigenvalue weighted by molar-refractivity contribution is 0.390. The second-order valence-electron chi connectivity index (χ2n) is 5.59. The molecular weight excluding hydrogens is 224 g/mol. The van der Waals surface area contributed by atoms with Crippen LogP contribution < -0.4 is 5.32 Å². The van der Waals surface area contributed by atoms with Crippen LogP contribution in [-0.4, -0.2) is 21.3 Å². The van der Waals surface area contributed by atoms with E-state index in [1.165, 1.54) is 0 Å². The third kappa shape index (κ3) is 3.58. The van der Waals surface area contributed by atoms with Gasteiger partial charge in [-0.1, -0.05) is 20.8 Å². The number of pyridine rings is 1. The zero-order valence-electron chi connectivity index (χ0n) is 11.2. The number of nitrogens with zero attached hydrogens (tertiary/aromatic N) is 3. The van der Waals surface area contributed by atoms with Crippen molar-refractivity contribution in [3.8, 4) is 5.82 Å². The average molecular weight is 244 g/mol. The van der Waals surface area contributed by atoms with Crippen LogP contribution in [0.5, 0.6) is 0 Å². The predicted molar refractivity (Wildman–Crippen MR) is 73.9 cm³/mol. The lowest BCUT2D eigenvalue weighted by Gasteiger charge is -2.18. The Bertz CT molecular complexity index is 465. The highest BCUT2D eigenvalue weighted by molar-refractivity contribution is 5.43. The van der Waals surface area contributed by atoms with Crippen molar-refractivity contribution in [2.75, 3.05) is 11.9 Å². The van der Waals surface area contributed by atoms with Crippen molar-refractivity contribution >= 4 is 5.69 Å². The summed E-state index contributed by atoms with van der Waals surface area (Å²) in [6.07, 6.45) is 6.61. The molecular formula is C14H20N4. The van der Waals surface area contributed by atoms with E-state index in [1.54, 1.807) is 10.9 Å². The molecule has 2 rings (SSSR count). The van der Waals surface area contributed by atoms with Gasteiger partial charge in [0.2, 0.25) is 0 Å². The van der Waals surface area contributed by atoms with Gasteiger partial charge in [0.05, 0.1) is 11.9 Å². The van der Waals surface area contributed by atoms with Crippen molar-refractivity contribution in [3.05, 3.63) is 36.8 Å². The number of hydrogen-bond donors (Lipinski definition) is 1. The second-order valence-corrected chi connectivity index (χ2v) is 5.59. The molecule has 0 spiro atoms. The summed E-state index contributed by atoms with van der Waals surface area (Å²) < 4.78 is 1.75. The van der Waals surface area contributed by atoms with Crippen molar-refractivity contribution in [2.45, 2.75) is 27.2 Å². The normalized spacial score (nSPS) is 11.5. The molecule has 2 heterocycles. The van der Waals surface area contributed by atoms with Crippen LogP contribution >= 0.6 is 0 Å². The predicted octanol–water partition coefficient (Wildman–Crippen LogP) is 3.12. The van der Waals surface area contributed by atoms with Gasteiger partial charge in [0.15, 0.2) is 5.82 Å². The maximum absolute atomic E-state index is 4.37. The van der Waals surface area contributed by atoms with Gasteiger partial charge in [-0.25, -0.2) is 9.67 Å². The molecule has 0 atom stereocenters. The summed E-state index contributed by atoms with van der Waals surface area (Å²) in [4.78, 5) is 4.37. The van der Waals surface area contributed by atoms with E-state index >= 15 is 0 Å².